The van der Waals surface area contributed by atoms with Crippen molar-refractivity contribution in [1.82, 2.24) is 9.97 Å². The Kier molecular flexibility index (Phi) is 4.18. The van der Waals surface area contributed by atoms with Crippen LogP contribution in [0.4, 0.5) is 11.6 Å². The molecule has 2 rings (SSSR count). The lowest BCUT2D eigenvalue weighted by atomic mass is 9.81. The molecule has 0 spiro atoms. The molecule has 1 saturated carbocycles. The minimum Gasteiger partial charge on any atom is -0.396 e. The first-order valence-electron chi connectivity index (χ1n) is 6.55. The first-order chi connectivity index (χ1) is 8.24. The van der Waals surface area contributed by atoms with Crippen LogP contribution in [0.15, 0.2) is 12.4 Å². The minimum atomic E-state index is 0.608. The van der Waals surface area contributed by atoms with Gasteiger partial charge in [0.25, 0.3) is 0 Å². The molecule has 4 nitrogen and oxygen atoms in total. The van der Waals surface area contributed by atoms with Crippen LogP contribution in [0.2, 0.25) is 0 Å². The molecule has 3 N–H and O–H groups in total. The average molecular weight is 234 g/mol. The molecular formula is C13H22N4. The Balaban J connectivity index is 1.70. The normalized spacial score (nSPS) is 24.5. The quantitative estimate of drug-likeness (QED) is 0.840. The topological polar surface area (TPSA) is 63.8 Å². The fourth-order valence-corrected chi connectivity index (χ4v) is 2.64. The van der Waals surface area contributed by atoms with Gasteiger partial charge in [-0.1, -0.05) is 26.2 Å². The molecule has 17 heavy (non-hydrogen) atoms. The molecule has 1 heterocycles. The molecule has 0 radical (unpaired) electrons. The SMILES string of the molecule is CC1CCCC(CCNc2ncc(N)cn2)C1. The number of rotatable bonds is 4. The van der Waals surface area contributed by atoms with E-state index in [0.717, 1.165) is 18.4 Å². The number of nitrogen functional groups attached to an aromatic ring is 1. The van der Waals surface area contributed by atoms with E-state index in [0.29, 0.717) is 11.6 Å². The third-order valence-electron chi connectivity index (χ3n) is 3.55. The Morgan fingerprint density at radius 2 is 2.12 bits per heavy atom. The van der Waals surface area contributed by atoms with Gasteiger partial charge < -0.3 is 11.1 Å². The molecule has 4 heteroatoms. The third kappa shape index (κ3) is 3.88. The second kappa shape index (κ2) is 5.84. The van der Waals surface area contributed by atoms with E-state index < -0.39 is 0 Å². The summed E-state index contributed by atoms with van der Waals surface area (Å²) in [6, 6.07) is 0. The molecule has 1 aliphatic rings. The molecule has 0 amide bonds. The maximum absolute atomic E-state index is 5.53. The third-order valence-corrected chi connectivity index (χ3v) is 3.55. The summed E-state index contributed by atoms with van der Waals surface area (Å²) in [5.74, 6) is 2.46. The number of nitrogens with zero attached hydrogens (tertiary/aromatic N) is 2. The molecular weight excluding hydrogens is 212 g/mol. The van der Waals surface area contributed by atoms with Gasteiger partial charge in [0.2, 0.25) is 5.95 Å². The van der Waals surface area contributed by atoms with E-state index in [1.54, 1.807) is 12.4 Å². The predicted octanol–water partition coefficient (Wildman–Crippen LogP) is 2.69. The number of nitrogens with two attached hydrogens (primary N) is 1. The van der Waals surface area contributed by atoms with Crippen LogP contribution in [0.5, 0.6) is 0 Å². The van der Waals surface area contributed by atoms with Crippen LogP contribution < -0.4 is 11.1 Å². The minimum absolute atomic E-state index is 0.608. The van der Waals surface area contributed by atoms with Crippen molar-refractivity contribution in [2.24, 2.45) is 11.8 Å². The molecule has 0 aromatic carbocycles. The van der Waals surface area contributed by atoms with Crippen molar-refractivity contribution in [2.75, 3.05) is 17.6 Å². The zero-order valence-corrected chi connectivity index (χ0v) is 10.5. The van der Waals surface area contributed by atoms with Gasteiger partial charge in [-0.15, -0.1) is 0 Å². The monoisotopic (exact) mass is 234 g/mol. The van der Waals surface area contributed by atoms with Gasteiger partial charge in [0, 0.05) is 6.54 Å². The first-order valence-corrected chi connectivity index (χ1v) is 6.55. The van der Waals surface area contributed by atoms with Crippen LogP contribution in [0, 0.1) is 11.8 Å². The molecule has 2 atom stereocenters. The van der Waals surface area contributed by atoms with Crippen molar-refractivity contribution in [3.8, 4) is 0 Å². The largest absolute Gasteiger partial charge is 0.396 e. The van der Waals surface area contributed by atoms with Gasteiger partial charge >= 0.3 is 0 Å². The molecule has 1 aliphatic carbocycles. The Morgan fingerprint density at radius 1 is 1.35 bits per heavy atom. The Bertz CT molecular complexity index is 336. The van der Waals surface area contributed by atoms with Crippen LogP contribution in [0.1, 0.15) is 39.0 Å². The fourth-order valence-electron chi connectivity index (χ4n) is 2.64. The van der Waals surface area contributed by atoms with E-state index in [-0.39, 0.29) is 0 Å². The van der Waals surface area contributed by atoms with E-state index in [1.807, 2.05) is 0 Å². The molecule has 0 bridgehead atoms. The number of aromatic nitrogens is 2. The standard InChI is InChI=1S/C13H22N4/c1-10-3-2-4-11(7-10)5-6-15-13-16-8-12(14)9-17-13/h8-11H,2-7,14H2,1H3,(H,15,16,17). The van der Waals surface area contributed by atoms with E-state index in [1.165, 1.54) is 32.1 Å². The highest BCUT2D eigenvalue weighted by Gasteiger charge is 2.18. The van der Waals surface area contributed by atoms with Gasteiger partial charge in [-0.2, -0.15) is 0 Å². The fraction of sp³-hybridized carbons (Fsp3) is 0.692. The molecule has 0 aliphatic heterocycles. The van der Waals surface area contributed by atoms with Crippen LogP contribution >= 0.6 is 0 Å². The van der Waals surface area contributed by atoms with Crippen LogP contribution in [0.25, 0.3) is 0 Å². The van der Waals surface area contributed by atoms with E-state index >= 15 is 0 Å². The smallest absolute Gasteiger partial charge is 0.222 e. The number of hydrogen-bond donors (Lipinski definition) is 2. The maximum atomic E-state index is 5.53. The van der Waals surface area contributed by atoms with Gasteiger partial charge in [0.15, 0.2) is 0 Å². The molecule has 0 saturated heterocycles. The highest BCUT2D eigenvalue weighted by atomic mass is 15.1. The lowest BCUT2D eigenvalue weighted by Crippen LogP contribution is -2.17. The number of anilines is 2. The zero-order chi connectivity index (χ0) is 12.1. The summed E-state index contributed by atoms with van der Waals surface area (Å²) >= 11 is 0. The summed E-state index contributed by atoms with van der Waals surface area (Å²) in [4.78, 5) is 8.26. The maximum Gasteiger partial charge on any atom is 0.222 e. The Morgan fingerprint density at radius 3 is 2.82 bits per heavy atom. The number of hydrogen-bond acceptors (Lipinski definition) is 4. The van der Waals surface area contributed by atoms with Crippen LogP contribution in [0.3, 0.4) is 0 Å². The predicted molar refractivity (Wildman–Crippen MR) is 70.7 cm³/mol. The van der Waals surface area contributed by atoms with Crippen molar-refractivity contribution in [3.63, 3.8) is 0 Å². The second-order valence-corrected chi connectivity index (χ2v) is 5.19. The van der Waals surface area contributed by atoms with E-state index in [4.69, 9.17) is 5.73 Å². The highest BCUT2D eigenvalue weighted by Crippen LogP contribution is 2.30. The summed E-state index contributed by atoms with van der Waals surface area (Å²) in [5.41, 5.74) is 6.14. The summed E-state index contributed by atoms with van der Waals surface area (Å²) < 4.78 is 0. The number of nitrogens with one attached hydrogen (secondary N) is 1. The summed E-state index contributed by atoms with van der Waals surface area (Å²) in [5, 5.41) is 3.26. The van der Waals surface area contributed by atoms with Gasteiger partial charge in [-0.25, -0.2) is 9.97 Å². The summed E-state index contributed by atoms with van der Waals surface area (Å²) in [7, 11) is 0. The average Bonchev–Trinajstić information content (AvgIpc) is 2.32. The van der Waals surface area contributed by atoms with Gasteiger partial charge in [-0.3, -0.25) is 0 Å². The van der Waals surface area contributed by atoms with Crippen LogP contribution in [-0.2, 0) is 0 Å². The van der Waals surface area contributed by atoms with E-state index in [2.05, 4.69) is 22.2 Å². The summed E-state index contributed by atoms with van der Waals surface area (Å²) in [6.07, 6.45) is 10.1. The van der Waals surface area contributed by atoms with Gasteiger partial charge in [0.1, 0.15) is 0 Å². The Labute approximate surface area is 103 Å². The van der Waals surface area contributed by atoms with Crippen molar-refractivity contribution in [3.05, 3.63) is 12.4 Å². The lowest BCUT2D eigenvalue weighted by Gasteiger charge is -2.26. The molecule has 94 valence electrons. The summed E-state index contributed by atoms with van der Waals surface area (Å²) in [6.45, 7) is 3.32. The molecule has 1 fully saturated rings. The molecule has 2 unspecified atom stereocenters. The van der Waals surface area contributed by atoms with Gasteiger partial charge in [0.05, 0.1) is 18.1 Å². The van der Waals surface area contributed by atoms with Crippen molar-refractivity contribution in [2.45, 2.75) is 39.0 Å². The van der Waals surface area contributed by atoms with Crippen molar-refractivity contribution in [1.29, 1.82) is 0 Å². The van der Waals surface area contributed by atoms with Crippen LogP contribution in [-0.4, -0.2) is 16.5 Å². The van der Waals surface area contributed by atoms with Crippen molar-refractivity contribution >= 4 is 11.6 Å². The lowest BCUT2D eigenvalue weighted by molar-refractivity contribution is 0.274. The zero-order valence-electron chi connectivity index (χ0n) is 10.5. The Hall–Kier alpha value is -1.32. The van der Waals surface area contributed by atoms with E-state index in [9.17, 15) is 0 Å². The first kappa shape index (κ1) is 12.1. The van der Waals surface area contributed by atoms with Crippen molar-refractivity contribution < 1.29 is 0 Å². The molecule has 1 aromatic heterocycles. The van der Waals surface area contributed by atoms with Gasteiger partial charge in [-0.05, 0) is 24.7 Å². The molecule has 1 aromatic rings. The second-order valence-electron chi connectivity index (χ2n) is 5.19. The highest BCUT2D eigenvalue weighted by molar-refractivity contribution is 5.35.